The van der Waals surface area contributed by atoms with E-state index in [2.05, 4.69) is 6.92 Å². The Morgan fingerprint density at radius 2 is 1.71 bits per heavy atom. The molecule has 28 heavy (non-hydrogen) atoms. The van der Waals surface area contributed by atoms with Crippen LogP contribution in [-0.4, -0.2) is 26.7 Å². The van der Waals surface area contributed by atoms with Crippen molar-refractivity contribution in [2.24, 2.45) is 0 Å². The molecule has 0 aromatic heterocycles. The van der Waals surface area contributed by atoms with Crippen molar-refractivity contribution in [3.8, 4) is 11.1 Å². The van der Waals surface area contributed by atoms with Crippen LogP contribution in [0.4, 0.5) is 4.39 Å². The number of esters is 1. The van der Waals surface area contributed by atoms with Crippen molar-refractivity contribution < 1.29 is 22.3 Å². The van der Waals surface area contributed by atoms with Gasteiger partial charge in [-0.15, -0.1) is 0 Å². The second-order valence-corrected chi connectivity index (χ2v) is 9.15. The number of halogens is 1. The highest BCUT2D eigenvalue weighted by Gasteiger charge is 2.26. The van der Waals surface area contributed by atoms with Gasteiger partial charge in [0.1, 0.15) is 11.6 Å². The lowest BCUT2D eigenvalue weighted by atomic mass is 10.0. The van der Waals surface area contributed by atoms with Gasteiger partial charge in [-0.1, -0.05) is 68.7 Å². The molecule has 0 aliphatic heterocycles. The number of sulfone groups is 1. The van der Waals surface area contributed by atoms with Gasteiger partial charge in [0.25, 0.3) is 0 Å². The van der Waals surface area contributed by atoms with Crippen LogP contribution >= 0.6 is 0 Å². The van der Waals surface area contributed by atoms with Crippen LogP contribution < -0.4 is 0 Å². The fraction of sp³-hybridized carbons (Fsp3) is 0.409. The molecule has 0 N–H and O–H groups in total. The molecule has 0 radical (unpaired) electrons. The first-order chi connectivity index (χ1) is 13.3. The molecule has 0 fully saturated rings. The van der Waals surface area contributed by atoms with Gasteiger partial charge in [0, 0.05) is 5.56 Å². The van der Waals surface area contributed by atoms with Crippen molar-refractivity contribution in [3.63, 3.8) is 0 Å². The molecule has 0 aliphatic carbocycles. The highest BCUT2D eigenvalue weighted by atomic mass is 32.2. The van der Waals surface area contributed by atoms with Crippen LogP contribution in [0.3, 0.4) is 0 Å². The Hall–Kier alpha value is -2.21. The molecule has 0 saturated carbocycles. The van der Waals surface area contributed by atoms with E-state index in [0.29, 0.717) is 16.7 Å². The van der Waals surface area contributed by atoms with E-state index in [4.69, 9.17) is 4.74 Å². The Bertz CT molecular complexity index is 876. The predicted molar refractivity (Wildman–Crippen MR) is 109 cm³/mol. The van der Waals surface area contributed by atoms with Crippen LogP contribution in [0.1, 0.15) is 50.3 Å². The minimum atomic E-state index is -3.69. The van der Waals surface area contributed by atoms with E-state index in [1.807, 2.05) is 0 Å². The average Bonchev–Trinajstić information content (AvgIpc) is 2.67. The Morgan fingerprint density at radius 1 is 1.04 bits per heavy atom. The predicted octanol–water partition coefficient (Wildman–Crippen LogP) is 5.09. The van der Waals surface area contributed by atoms with E-state index in [1.165, 1.54) is 6.07 Å². The molecule has 6 heteroatoms. The van der Waals surface area contributed by atoms with E-state index in [9.17, 15) is 17.6 Å². The van der Waals surface area contributed by atoms with Gasteiger partial charge < -0.3 is 4.74 Å². The van der Waals surface area contributed by atoms with Gasteiger partial charge in [0.05, 0.1) is 11.9 Å². The molecular weight excluding hydrogens is 379 g/mol. The van der Waals surface area contributed by atoms with Crippen LogP contribution in [0.2, 0.25) is 0 Å². The van der Waals surface area contributed by atoms with E-state index in [0.717, 1.165) is 25.7 Å². The van der Waals surface area contributed by atoms with Crippen LogP contribution in [0.5, 0.6) is 0 Å². The maximum Gasteiger partial charge on any atom is 0.321 e. The summed E-state index contributed by atoms with van der Waals surface area (Å²) >= 11 is 0. The fourth-order valence-corrected chi connectivity index (χ4v) is 4.12. The number of hydrogen-bond acceptors (Lipinski definition) is 4. The second-order valence-electron chi connectivity index (χ2n) is 6.83. The molecule has 0 spiro atoms. The summed E-state index contributed by atoms with van der Waals surface area (Å²) in [5.41, 5.74) is 1.67. The number of hydrogen-bond donors (Lipinski definition) is 0. The third kappa shape index (κ3) is 6.16. The molecule has 0 amide bonds. The average molecular weight is 407 g/mol. The van der Waals surface area contributed by atoms with Gasteiger partial charge in [0.15, 0.2) is 9.84 Å². The van der Waals surface area contributed by atoms with Crippen LogP contribution in [0.25, 0.3) is 11.1 Å². The third-order valence-electron chi connectivity index (χ3n) is 4.68. The highest BCUT2D eigenvalue weighted by Crippen LogP contribution is 2.27. The van der Waals surface area contributed by atoms with Gasteiger partial charge in [-0.3, -0.25) is 4.79 Å². The Morgan fingerprint density at radius 3 is 2.36 bits per heavy atom. The summed E-state index contributed by atoms with van der Waals surface area (Å²) < 4.78 is 44.0. The largest absolute Gasteiger partial charge is 0.465 e. The third-order valence-corrected chi connectivity index (χ3v) is 6.67. The highest BCUT2D eigenvalue weighted by molar-refractivity contribution is 7.92. The number of unbranched alkanes of at least 4 members (excludes halogenated alkanes) is 3. The van der Waals surface area contributed by atoms with Crippen molar-refractivity contribution >= 4 is 15.8 Å². The lowest BCUT2D eigenvalue weighted by molar-refractivity contribution is -0.140. The summed E-state index contributed by atoms with van der Waals surface area (Å²) in [4.78, 5) is 11.9. The summed E-state index contributed by atoms with van der Waals surface area (Å²) in [5, 5.41) is -0.852. The Labute approximate surface area is 166 Å². The van der Waals surface area contributed by atoms with Gasteiger partial charge in [-0.25, -0.2) is 12.8 Å². The first kappa shape index (κ1) is 22.1. The molecule has 0 aliphatic rings. The molecule has 2 aromatic rings. The smallest absolute Gasteiger partial charge is 0.321 e. The summed E-state index contributed by atoms with van der Waals surface area (Å²) in [6.07, 6.45) is 3.85. The lowest BCUT2D eigenvalue weighted by Crippen LogP contribution is -2.23. The zero-order valence-electron chi connectivity index (χ0n) is 16.4. The van der Waals surface area contributed by atoms with Crippen molar-refractivity contribution in [1.29, 1.82) is 0 Å². The van der Waals surface area contributed by atoms with Gasteiger partial charge in [0.2, 0.25) is 0 Å². The summed E-state index contributed by atoms with van der Waals surface area (Å²) in [6, 6.07) is 13.1. The maximum absolute atomic E-state index is 13.9. The van der Waals surface area contributed by atoms with Crippen LogP contribution in [-0.2, 0) is 19.4 Å². The molecule has 2 aromatic carbocycles. The topological polar surface area (TPSA) is 60.4 Å². The second kappa shape index (κ2) is 10.4. The molecular formula is C22H27FO4S. The minimum Gasteiger partial charge on any atom is -0.465 e. The number of rotatable bonds is 10. The number of carbonyl (C=O) groups excluding carboxylic acids is 1. The van der Waals surface area contributed by atoms with Crippen molar-refractivity contribution in [1.82, 2.24) is 0 Å². The van der Waals surface area contributed by atoms with E-state index in [1.54, 1.807) is 49.4 Å². The van der Waals surface area contributed by atoms with Crippen molar-refractivity contribution in [3.05, 3.63) is 59.9 Å². The molecule has 0 heterocycles. The van der Waals surface area contributed by atoms with E-state index in [-0.39, 0.29) is 12.4 Å². The van der Waals surface area contributed by atoms with Crippen LogP contribution in [0.15, 0.2) is 48.5 Å². The van der Waals surface area contributed by atoms with E-state index >= 15 is 0 Å². The number of ether oxygens (including phenoxy) is 1. The van der Waals surface area contributed by atoms with Gasteiger partial charge >= 0.3 is 5.97 Å². The molecule has 0 bridgehead atoms. The zero-order valence-corrected chi connectivity index (χ0v) is 17.2. The molecule has 152 valence electrons. The normalized spacial score (nSPS) is 12.5. The van der Waals surface area contributed by atoms with Crippen LogP contribution in [0, 0.1) is 5.82 Å². The number of carbonyl (C=O) groups is 1. The first-order valence-corrected chi connectivity index (χ1v) is 11.3. The number of benzene rings is 2. The lowest BCUT2D eigenvalue weighted by Gasteiger charge is -2.14. The Kier molecular flexibility index (Phi) is 8.18. The van der Waals surface area contributed by atoms with Crippen molar-refractivity contribution in [2.75, 3.05) is 12.4 Å². The molecule has 4 nitrogen and oxygen atoms in total. The standard InChI is InChI=1S/C22H27FO4S/c1-3-4-5-8-15-27-22(24)16-28(25,26)17(2)18-11-13-19(14-12-18)20-9-6-7-10-21(20)23/h6-7,9-14,17H,3-5,8,15-16H2,1-2H3. The van der Waals surface area contributed by atoms with Gasteiger partial charge in [-0.05, 0) is 30.5 Å². The summed E-state index contributed by atoms with van der Waals surface area (Å²) in [5.74, 6) is -1.69. The Balaban J connectivity index is 1.99. The molecule has 2 rings (SSSR count). The SMILES string of the molecule is CCCCCCOC(=O)CS(=O)(=O)C(C)c1ccc(-c2ccccc2F)cc1. The van der Waals surface area contributed by atoms with Crippen molar-refractivity contribution in [2.45, 2.75) is 44.8 Å². The molecule has 1 atom stereocenters. The summed E-state index contributed by atoms with van der Waals surface area (Å²) in [7, 11) is -3.69. The zero-order chi connectivity index (χ0) is 20.6. The van der Waals surface area contributed by atoms with Gasteiger partial charge in [-0.2, -0.15) is 0 Å². The minimum absolute atomic E-state index is 0.250. The quantitative estimate of drug-likeness (QED) is 0.407. The molecule has 0 saturated heterocycles. The fourth-order valence-electron chi connectivity index (χ4n) is 2.88. The monoisotopic (exact) mass is 406 g/mol. The molecule has 1 unspecified atom stereocenters. The maximum atomic E-state index is 13.9. The first-order valence-electron chi connectivity index (χ1n) is 9.57. The van der Waals surface area contributed by atoms with E-state index < -0.39 is 26.8 Å². The summed E-state index contributed by atoms with van der Waals surface area (Å²) in [6.45, 7) is 3.88.